The molecule has 0 fully saturated rings. The number of nitrogens with one attached hydrogen (secondary N) is 1. The first kappa shape index (κ1) is 20.0. The quantitative estimate of drug-likeness (QED) is 0.440. The van der Waals surface area contributed by atoms with Crippen molar-refractivity contribution in [1.82, 2.24) is 14.8 Å². The molecule has 9 heteroatoms. The molecule has 1 heterocycles. The van der Waals surface area contributed by atoms with Gasteiger partial charge in [0.25, 0.3) is 0 Å². The summed E-state index contributed by atoms with van der Waals surface area (Å²) in [5.41, 5.74) is 1.74. The van der Waals surface area contributed by atoms with E-state index in [9.17, 15) is 4.79 Å². The molecule has 3 rings (SSSR count). The molecule has 0 atom stereocenters. The van der Waals surface area contributed by atoms with Crippen LogP contribution in [0.5, 0.6) is 5.75 Å². The van der Waals surface area contributed by atoms with Crippen LogP contribution in [0.25, 0.3) is 5.69 Å². The van der Waals surface area contributed by atoms with E-state index < -0.39 is 0 Å². The molecule has 146 valence electrons. The van der Waals surface area contributed by atoms with Crippen molar-refractivity contribution in [3.63, 3.8) is 0 Å². The Morgan fingerprint density at radius 2 is 1.96 bits per heavy atom. The molecule has 2 aromatic carbocycles. The number of halogens is 1. The number of thioether (sulfide) groups is 1. The van der Waals surface area contributed by atoms with Crippen LogP contribution in [-0.4, -0.2) is 40.7 Å². The van der Waals surface area contributed by atoms with Crippen LogP contribution in [0.2, 0.25) is 5.02 Å². The van der Waals surface area contributed by atoms with Crippen molar-refractivity contribution < 1.29 is 14.3 Å². The number of esters is 1. The fourth-order valence-electron chi connectivity index (χ4n) is 2.46. The first-order valence-corrected chi connectivity index (χ1v) is 9.75. The van der Waals surface area contributed by atoms with Gasteiger partial charge in [0, 0.05) is 10.7 Å². The van der Waals surface area contributed by atoms with E-state index in [0.717, 1.165) is 17.1 Å². The largest absolute Gasteiger partial charge is 0.497 e. The summed E-state index contributed by atoms with van der Waals surface area (Å²) in [6.45, 7) is 0.435. The van der Waals surface area contributed by atoms with Crippen molar-refractivity contribution >= 4 is 35.0 Å². The van der Waals surface area contributed by atoms with Crippen LogP contribution in [0.4, 0.5) is 5.69 Å². The molecule has 0 spiro atoms. The summed E-state index contributed by atoms with van der Waals surface area (Å²) in [4.78, 5) is 11.5. The summed E-state index contributed by atoms with van der Waals surface area (Å²) >= 11 is 7.41. The van der Waals surface area contributed by atoms with Crippen molar-refractivity contribution in [2.75, 3.05) is 25.3 Å². The Kier molecular flexibility index (Phi) is 6.78. The van der Waals surface area contributed by atoms with Crippen LogP contribution in [0.15, 0.2) is 53.7 Å². The van der Waals surface area contributed by atoms with Gasteiger partial charge in [0.05, 0.1) is 32.2 Å². The highest BCUT2D eigenvalue weighted by atomic mass is 35.5. The number of rotatable bonds is 8. The van der Waals surface area contributed by atoms with Crippen molar-refractivity contribution in [2.24, 2.45) is 0 Å². The number of benzene rings is 2. The fourth-order valence-corrected chi connectivity index (χ4v) is 3.44. The van der Waals surface area contributed by atoms with Gasteiger partial charge in [0.15, 0.2) is 11.0 Å². The number of ether oxygens (including phenoxy) is 2. The van der Waals surface area contributed by atoms with Crippen LogP contribution in [0.1, 0.15) is 5.82 Å². The topological polar surface area (TPSA) is 78.3 Å². The number of carbonyl (C=O) groups is 1. The number of methoxy groups -OCH3 is 2. The van der Waals surface area contributed by atoms with Crippen LogP contribution in [-0.2, 0) is 16.1 Å². The van der Waals surface area contributed by atoms with E-state index in [-0.39, 0.29) is 11.7 Å². The Morgan fingerprint density at radius 3 is 2.64 bits per heavy atom. The summed E-state index contributed by atoms with van der Waals surface area (Å²) in [5.74, 6) is 1.28. The Morgan fingerprint density at radius 1 is 1.18 bits per heavy atom. The van der Waals surface area contributed by atoms with E-state index in [2.05, 4.69) is 15.5 Å². The molecule has 0 bridgehead atoms. The van der Waals surface area contributed by atoms with Gasteiger partial charge in [-0.05, 0) is 42.5 Å². The molecule has 7 nitrogen and oxygen atoms in total. The lowest BCUT2D eigenvalue weighted by Gasteiger charge is -2.12. The second-order valence-corrected chi connectivity index (χ2v) is 7.04. The van der Waals surface area contributed by atoms with Crippen LogP contribution in [0.3, 0.4) is 0 Å². The van der Waals surface area contributed by atoms with Gasteiger partial charge in [-0.15, -0.1) is 10.2 Å². The van der Waals surface area contributed by atoms with Gasteiger partial charge in [-0.25, -0.2) is 0 Å². The zero-order chi connectivity index (χ0) is 19.9. The average molecular weight is 419 g/mol. The zero-order valence-corrected chi connectivity index (χ0v) is 17.0. The average Bonchev–Trinajstić information content (AvgIpc) is 3.13. The number of carbonyl (C=O) groups excluding carboxylic acids is 1. The Labute approximate surface area is 172 Å². The molecular weight excluding hydrogens is 400 g/mol. The number of hydrogen-bond acceptors (Lipinski definition) is 7. The van der Waals surface area contributed by atoms with Gasteiger partial charge in [-0.2, -0.15) is 0 Å². The third kappa shape index (κ3) is 4.96. The summed E-state index contributed by atoms with van der Waals surface area (Å²) in [7, 11) is 2.98. The Hall–Kier alpha value is -2.71. The SMILES string of the molecule is COC(=O)CSc1nnc(CNc2ccc(OC)cc2)n1-c1cccc(Cl)c1. The minimum Gasteiger partial charge on any atom is -0.497 e. The number of aromatic nitrogens is 3. The minimum absolute atomic E-state index is 0.140. The number of hydrogen-bond donors (Lipinski definition) is 1. The molecule has 0 saturated heterocycles. The summed E-state index contributed by atoms with van der Waals surface area (Å²) in [5, 5.41) is 13.0. The number of anilines is 1. The molecule has 1 aromatic heterocycles. The lowest BCUT2D eigenvalue weighted by Crippen LogP contribution is -2.09. The highest BCUT2D eigenvalue weighted by molar-refractivity contribution is 7.99. The molecular formula is C19H19ClN4O3S. The predicted molar refractivity (Wildman–Crippen MR) is 109 cm³/mol. The molecule has 0 aliphatic heterocycles. The van der Waals surface area contributed by atoms with Crippen molar-refractivity contribution in [1.29, 1.82) is 0 Å². The normalized spacial score (nSPS) is 10.5. The van der Waals surface area contributed by atoms with E-state index in [1.54, 1.807) is 13.2 Å². The zero-order valence-electron chi connectivity index (χ0n) is 15.4. The van der Waals surface area contributed by atoms with Crippen molar-refractivity contribution in [3.8, 4) is 11.4 Å². The first-order chi connectivity index (χ1) is 13.6. The van der Waals surface area contributed by atoms with Crippen LogP contribution in [0, 0.1) is 0 Å². The molecule has 0 saturated carbocycles. The van der Waals surface area contributed by atoms with E-state index in [4.69, 9.17) is 21.1 Å². The highest BCUT2D eigenvalue weighted by Gasteiger charge is 2.16. The van der Waals surface area contributed by atoms with Gasteiger partial charge in [-0.1, -0.05) is 29.4 Å². The standard InChI is InChI=1S/C19H19ClN4O3S/c1-26-16-8-6-14(7-9-16)21-11-17-22-23-19(28-12-18(25)27-2)24(17)15-5-3-4-13(20)10-15/h3-10,21H,11-12H2,1-2H3. The second-order valence-electron chi connectivity index (χ2n) is 5.66. The lowest BCUT2D eigenvalue weighted by atomic mass is 10.3. The van der Waals surface area contributed by atoms with Gasteiger partial charge in [-0.3, -0.25) is 9.36 Å². The van der Waals surface area contributed by atoms with Crippen LogP contribution >= 0.6 is 23.4 Å². The number of nitrogens with zero attached hydrogens (tertiary/aromatic N) is 3. The summed E-state index contributed by atoms with van der Waals surface area (Å²) < 4.78 is 11.7. The van der Waals surface area contributed by atoms with Gasteiger partial charge >= 0.3 is 5.97 Å². The summed E-state index contributed by atoms with van der Waals surface area (Å²) in [6, 6.07) is 15.0. The third-order valence-electron chi connectivity index (χ3n) is 3.85. The highest BCUT2D eigenvalue weighted by Crippen LogP contribution is 2.25. The maximum absolute atomic E-state index is 11.5. The fraction of sp³-hybridized carbons (Fsp3) is 0.211. The molecule has 0 radical (unpaired) electrons. The molecule has 0 aliphatic carbocycles. The van der Waals surface area contributed by atoms with Gasteiger partial charge in [0.1, 0.15) is 5.75 Å². The van der Waals surface area contributed by atoms with Gasteiger partial charge in [0.2, 0.25) is 0 Å². The van der Waals surface area contributed by atoms with Crippen molar-refractivity contribution in [2.45, 2.75) is 11.7 Å². The predicted octanol–water partition coefficient (Wildman–Crippen LogP) is 3.81. The lowest BCUT2D eigenvalue weighted by molar-refractivity contribution is -0.137. The molecule has 0 unspecified atom stereocenters. The van der Waals surface area contributed by atoms with E-state index in [0.29, 0.717) is 22.5 Å². The van der Waals surface area contributed by atoms with E-state index in [1.165, 1.54) is 18.9 Å². The molecule has 0 aliphatic rings. The van der Waals surface area contributed by atoms with E-state index in [1.807, 2.05) is 47.0 Å². The van der Waals surface area contributed by atoms with E-state index >= 15 is 0 Å². The molecule has 0 amide bonds. The Balaban J connectivity index is 1.84. The van der Waals surface area contributed by atoms with Crippen LogP contribution < -0.4 is 10.1 Å². The Bertz CT molecular complexity index is 947. The monoisotopic (exact) mass is 418 g/mol. The minimum atomic E-state index is -0.330. The van der Waals surface area contributed by atoms with Crippen molar-refractivity contribution in [3.05, 3.63) is 59.4 Å². The smallest absolute Gasteiger partial charge is 0.316 e. The summed E-state index contributed by atoms with van der Waals surface area (Å²) in [6.07, 6.45) is 0. The molecule has 3 aromatic rings. The first-order valence-electron chi connectivity index (χ1n) is 8.38. The second kappa shape index (κ2) is 9.48. The molecule has 1 N–H and O–H groups in total. The maximum atomic E-state index is 11.5. The molecule has 28 heavy (non-hydrogen) atoms. The third-order valence-corrected chi connectivity index (χ3v) is 4.99. The van der Waals surface area contributed by atoms with Gasteiger partial charge < -0.3 is 14.8 Å². The maximum Gasteiger partial charge on any atom is 0.316 e.